The molecule has 1 aromatic rings. The van der Waals surface area contributed by atoms with Gasteiger partial charge in [0.05, 0.1) is 11.8 Å². The van der Waals surface area contributed by atoms with Gasteiger partial charge in [0.1, 0.15) is 0 Å². The monoisotopic (exact) mass is 271 g/mol. The first-order valence-corrected chi connectivity index (χ1v) is 7.16. The van der Waals surface area contributed by atoms with Crippen molar-refractivity contribution >= 4 is 27.3 Å². The van der Waals surface area contributed by atoms with Gasteiger partial charge in [-0.3, -0.25) is 9.52 Å². The molecule has 0 heterocycles. The number of hydrogen-bond acceptors (Lipinski definition) is 4. The van der Waals surface area contributed by atoms with E-state index in [0.717, 1.165) is 0 Å². The zero-order valence-electron chi connectivity index (χ0n) is 10.3. The number of benzene rings is 1. The van der Waals surface area contributed by atoms with Gasteiger partial charge in [0.15, 0.2) is 0 Å². The Kier molecular flexibility index (Phi) is 4.69. The zero-order chi connectivity index (χ0) is 13.8. The minimum absolute atomic E-state index is 0.0101. The van der Waals surface area contributed by atoms with Gasteiger partial charge in [0, 0.05) is 11.4 Å². The second-order valence-corrected chi connectivity index (χ2v) is 5.87. The van der Waals surface area contributed by atoms with E-state index in [9.17, 15) is 13.2 Å². The van der Waals surface area contributed by atoms with Gasteiger partial charge in [-0.2, -0.15) is 0 Å². The number of anilines is 2. The Hall–Kier alpha value is -1.60. The molecule has 4 N–H and O–H groups in total. The number of sulfonamides is 1. The van der Waals surface area contributed by atoms with Gasteiger partial charge >= 0.3 is 0 Å². The molecule has 1 amide bonds. The maximum Gasteiger partial charge on any atom is 0.240 e. The fraction of sp³-hybridized carbons (Fsp3) is 0.364. The summed E-state index contributed by atoms with van der Waals surface area (Å²) in [6.07, 6.45) is 0. The molecular formula is C11H17N3O3S. The summed E-state index contributed by atoms with van der Waals surface area (Å²) in [5.41, 5.74) is 6.43. The van der Waals surface area contributed by atoms with E-state index >= 15 is 0 Å². The number of nitrogens with two attached hydrogens (primary N) is 1. The van der Waals surface area contributed by atoms with Crippen LogP contribution < -0.4 is 15.8 Å². The van der Waals surface area contributed by atoms with Crippen LogP contribution in [0.2, 0.25) is 0 Å². The van der Waals surface area contributed by atoms with Crippen LogP contribution in [0.4, 0.5) is 11.4 Å². The molecular weight excluding hydrogens is 254 g/mol. The smallest absolute Gasteiger partial charge is 0.240 e. The van der Waals surface area contributed by atoms with Crippen LogP contribution in [0, 0.1) is 0 Å². The predicted octanol–water partition coefficient (Wildman–Crippen LogP) is 0.734. The summed E-state index contributed by atoms with van der Waals surface area (Å²) in [6.45, 7) is 3.14. The molecule has 0 aliphatic carbocycles. The number of carbonyl (C=O) groups is 1. The Morgan fingerprint density at radius 2 is 1.78 bits per heavy atom. The molecule has 0 aliphatic heterocycles. The van der Waals surface area contributed by atoms with E-state index < -0.39 is 16.1 Å². The summed E-state index contributed by atoms with van der Waals surface area (Å²) >= 11 is 0. The largest absolute Gasteiger partial charge is 0.325 e. The second-order valence-electron chi connectivity index (χ2n) is 3.86. The molecule has 1 atom stereocenters. The Bertz CT molecular complexity index is 509. The van der Waals surface area contributed by atoms with Gasteiger partial charge in [0.25, 0.3) is 0 Å². The average Bonchev–Trinajstić information content (AvgIpc) is 2.31. The lowest BCUT2D eigenvalue weighted by molar-refractivity contribution is -0.117. The van der Waals surface area contributed by atoms with E-state index in [1.165, 1.54) is 0 Å². The second kappa shape index (κ2) is 5.83. The van der Waals surface area contributed by atoms with Crippen LogP contribution >= 0.6 is 0 Å². The zero-order valence-corrected chi connectivity index (χ0v) is 11.1. The lowest BCUT2D eigenvalue weighted by Gasteiger charge is -2.09. The highest BCUT2D eigenvalue weighted by Crippen LogP contribution is 2.14. The molecule has 0 aliphatic rings. The predicted molar refractivity (Wildman–Crippen MR) is 71.8 cm³/mol. The van der Waals surface area contributed by atoms with Crippen LogP contribution in [-0.4, -0.2) is 26.1 Å². The lowest BCUT2D eigenvalue weighted by atomic mass is 10.2. The fourth-order valence-electron chi connectivity index (χ4n) is 1.13. The minimum atomic E-state index is -3.28. The third-order valence-corrected chi connectivity index (χ3v) is 3.53. The van der Waals surface area contributed by atoms with Crippen LogP contribution in [0.1, 0.15) is 13.8 Å². The van der Waals surface area contributed by atoms with Crippen molar-refractivity contribution in [1.29, 1.82) is 0 Å². The molecule has 0 saturated heterocycles. The number of nitrogens with one attached hydrogen (secondary N) is 2. The van der Waals surface area contributed by atoms with E-state index in [4.69, 9.17) is 5.73 Å². The molecule has 1 rings (SSSR count). The van der Waals surface area contributed by atoms with Gasteiger partial charge in [-0.1, -0.05) is 0 Å². The van der Waals surface area contributed by atoms with Crippen molar-refractivity contribution in [3.63, 3.8) is 0 Å². The van der Waals surface area contributed by atoms with Crippen molar-refractivity contribution in [3.8, 4) is 0 Å². The maximum atomic E-state index is 11.3. The standard InChI is InChI=1S/C11H17N3O3S/c1-3-18(16,17)14-10-6-4-9(5-7-10)13-11(15)8(2)12/h4-8,14H,3,12H2,1-2H3,(H,13,15)/t8-/m0/s1. The summed E-state index contributed by atoms with van der Waals surface area (Å²) in [5, 5.41) is 2.60. The van der Waals surface area contributed by atoms with Crippen LogP contribution in [0.5, 0.6) is 0 Å². The average molecular weight is 271 g/mol. The van der Waals surface area contributed by atoms with Gasteiger partial charge in [0.2, 0.25) is 15.9 Å². The van der Waals surface area contributed by atoms with Gasteiger partial charge in [-0.15, -0.1) is 0 Å². The van der Waals surface area contributed by atoms with Gasteiger partial charge in [-0.05, 0) is 38.1 Å². The summed E-state index contributed by atoms with van der Waals surface area (Å²) < 4.78 is 25.1. The van der Waals surface area contributed by atoms with E-state index in [1.54, 1.807) is 38.1 Å². The van der Waals surface area contributed by atoms with E-state index in [2.05, 4.69) is 10.0 Å². The van der Waals surface area contributed by atoms with Crippen LogP contribution in [0.25, 0.3) is 0 Å². The fourth-order valence-corrected chi connectivity index (χ4v) is 1.77. The Morgan fingerprint density at radius 1 is 1.28 bits per heavy atom. The number of amides is 1. The normalized spacial score (nSPS) is 12.8. The lowest BCUT2D eigenvalue weighted by Crippen LogP contribution is -2.32. The minimum Gasteiger partial charge on any atom is -0.325 e. The van der Waals surface area contributed by atoms with Crippen molar-refractivity contribution in [2.45, 2.75) is 19.9 Å². The van der Waals surface area contributed by atoms with Gasteiger partial charge < -0.3 is 11.1 Å². The van der Waals surface area contributed by atoms with Gasteiger partial charge in [-0.25, -0.2) is 8.42 Å². The van der Waals surface area contributed by atoms with Crippen molar-refractivity contribution < 1.29 is 13.2 Å². The first-order valence-electron chi connectivity index (χ1n) is 5.51. The summed E-state index contributed by atoms with van der Waals surface area (Å²) in [7, 11) is -3.28. The highest BCUT2D eigenvalue weighted by molar-refractivity contribution is 7.92. The Morgan fingerprint density at radius 3 is 2.22 bits per heavy atom. The molecule has 0 fully saturated rings. The first-order chi connectivity index (χ1) is 8.34. The molecule has 0 saturated carbocycles. The van der Waals surface area contributed by atoms with E-state index in [1.807, 2.05) is 0 Å². The molecule has 1 aromatic carbocycles. The topological polar surface area (TPSA) is 101 Å². The molecule has 100 valence electrons. The Labute approximate surface area is 107 Å². The molecule has 0 spiro atoms. The quantitative estimate of drug-likeness (QED) is 0.735. The molecule has 18 heavy (non-hydrogen) atoms. The third-order valence-electron chi connectivity index (χ3n) is 2.22. The van der Waals surface area contributed by atoms with Crippen molar-refractivity contribution in [2.24, 2.45) is 5.73 Å². The molecule has 0 bridgehead atoms. The molecule has 0 unspecified atom stereocenters. The first kappa shape index (κ1) is 14.5. The van der Waals surface area contributed by atoms with Crippen molar-refractivity contribution in [3.05, 3.63) is 24.3 Å². The summed E-state index contributed by atoms with van der Waals surface area (Å²) in [5.74, 6) is -0.284. The molecule has 7 heteroatoms. The molecule has 6 nitrogen and oxygen atoms in total. The number of hydrogen-bond donors (Lipinski definition) is 3. The maximum absolute atomic E-state index is 11.3. The van der Waals surface area contributed by atoms with Crippen LogP contribution in [-0.2, 0) is 14.8 Å². The third kappa shape index (κ3) is 4.34. The van der Waals surface area contributed by atoms with E-state index in [-0.39, 0.29) is 11.7 Å². The van der Waals surface area contributed by atoms with Crippen LogP contribution in [0.15, 0.2) is 24.3 Å². The van der Waals surface area contributed by atoms with Crippen molar-refractivity contribution in [2.75, 3.05) is 15.8 Å². The number of rotatable bonds is 5. The Balaban J connectivity index is 2.72. The van der Waals surface area contributed by atoms with Crippen molar-refractivity contribution in [1.82, 2.24) is 0 Å². The SMILES string of the molecule is CCS(=O)(=O)Nc1ccc(NC(=O)[C@H](C)N)cc1. The summed E-state index contributed by atoms with van der Waals surface area (Å²) in [4.78, 5) is 11.3. The molecule has 0 aromatic heterocycles. The highest BCUT2D eigenvalue weighted by atomic mass is 32.2. The highest BCUT2D eigenvalue weighted by Gasteiger charge is 2.08. The van der Waals surface area contributed by atoms with Crippen LogP contribution in [0.3, 0.4) is 0 Å². The van der Waals surface area contributed by atoms with E-state index in [0.29, 0.717) is 11.4 Å². The number of carbonyl (C=O) groups excluding carboxylic acids is 1. The molecule has 0 radical (unpaired) electrons. The summed E-state index contributed by atoms with van der Waals surface area (Å²) in [6, 6.07) is 5.76.